The van der Waals surface area contributed by atoms with E-state index in [9.17, 15) is 14.9 Å². The maximum atomic E-state index is 12.9. The number of aromatic nitrogens is 1. The Kier molecular flexibility index (Phi) is 7.08. The fourth-order valence-corrected chi connectivity index (χ4v) is 4.94. The van der Waals surface area contributed by atoms with E-state index in [1.54, 1.807) is 0 Å². The van der Waals surface area contributed by atoms with Gasteiger partial charge in [-0.25, -0.2) is 0 Å². The lowest BCUT2D eigenvalue weighted by molar-refractivity contribution is -0.384. The molecule has 0 saturated carbocycles. The number of carbonyl (C=O) groups excluding carboxylic acids is 1. The molecule has 1 aromatic heterocycles. The summed E-state index contributed by atoms with van der Waals surface area (Å²) in [4.78, 5) is 29.4. The minimum absolute atomic E-state index is 0.0192. The number of thiazole rings is 1. The van der Waals surface area contributed by atoms with E-state index in [1.807, 2.05) is 6.92 Å². The minimum Gasteiger partial charge on any atom is -0.316 e. The minimum atomic E-state index is -0.547. The Morgan fingerprint density at radius 1 is 1.16 bits per heavy atom. The van der Waals surface area contributed by atoms with Gasteiger partial charge in [0.2, 0.25) is 0 Å². The third-order valence-corrected chi connectivity index (χ3v) is 6.59. The molecular formula is C23H24ClN3O3S. The van der Waals surface area contributed by atoms with Crippen molar-refractivity contribution in [2.24, 2.45) is 4.99 Å². The first-order valence-electron chi connectivity index (χ1n) is 10.1. The molecule has 1 heterocycles. The second-order valence-corrected chi connectivity index (χ2v) is 8.76. The highest BCUT2D eigenvalue weighted by atomic mass is 35.5. The van der Waals surface area contributed by atoms with Crippen LogP contribution in [0.2, 0.25) is 5.02 Å². The van der Waals surface area contributed by atoms with Crippen molar-refractivity contribution in [1.82, 2.24) is 4.57 Å². The van der Waals surface area contributed by atoms with Crippen LogP contribution in [0.15, 0.2) is 41.4 Å². The van der Waals surface area contributed by atoms with E-state index >= 15 is 0 Å². The van der Waals surface area contributed by atoms with Gasteiger partial charge in [0.25, 0.3) is 11.6 Å². The van der Waals surface area contributed by atoms with Gasteiger partial charge in [0.05, 0.1) is 21.2 Å². The van der Waals surface area contributed by atoms with E-state index in [-0.39, 0.29) is 16.3 Å². The van der Waals surface area contributed by atoms with Crippen molar-refractivity contribution in [3.05, 3.63) is 77.9 Å². The van der Waals surface area contributed by atoms with Crippen LogP contribution < -0.4 is 4.80 Å². The number of carbonyl (C=O) groups is 1. The molecule has 0 bridgehead atoms. The molecule has 0 aliphatic rings. The zero-order valence-corrected chi connectivity index (χ0v) is 19.5. The van der Waals surface area contributed by atoms with Crippen molar-refractivity contribution in [2.45, 2.75) is 47.1 Å². The number of non-ortho nitro benzene ring substituents is 1. The van der Waals surface area contributed by atoms with Crippen LogP contribution in [0.5, 0.6) is 0 Å². The fraction of sp³-hybridized carbons (Fsp3) is 0.304. The highest BCUT2D eigenvalue weighted by Gasteiger charge is 2.18. The standard InChI is InChI=1S/C23H24ClN3O3S/c1-5-7-20-21(16-9-8-14(3)15(4)12-16)26(6-2)23(31-20)25-22(28)18-11-10-17(27(29)30)13-19(18)24/h8-13H,5-7H2,1-4H3. The maximum Gasteiger partial charge on any atom is 0.281 e. The Hall–Kier alpha value is -2.77. The third kappa shape index (κ3) is 4.78. The van der Waals surface area contributed by atoms with Gasteiger partial charge in [-0.05, 0) is 56.0 Å². The molecule has 162 valence electrons. The Morgan fingerprint density at radius 3 is 2.48 bits per heavy atom. The van der Waals surface area contributed by atoms with Gasteiger partial charge in [0.1, 0.15) is 0 Å². The van der Waals surface area contributed by atoms with E-state index in [2.05, 4.69) is 48.5 Å². The summed E-state index contributed by atoms with van der Waals surface area (Å²) in [5.74, 6) is -0.516. The Labute approximate surface area is 190 Å². The largest absolute Gasteiger partial charge is 0.316 e. The first-order chi connectivity index (χ1) is 14.8. The van der Waals surface area contributed by atoms with Crippen molar-refractivity contribution in [3.8, 4) is 11.3 Å². The van der Waals surface area contributed by atoms with Crippen LogP contribution in [0.3, 0.4) is 0 Å². The van der Waals surface area contributed by atoms with Gasteiger partial charge in [-0.15, -0.1) is 11.3 Å². The van der Waals surface area contributed by atoms with E-state index < -0.39 is 10.8 Å². The quantitative estimate of drug-likeness (QED) is 0.331. The summed E-state index contributed by atoms with van der Waals surface area (Å²) in [5, 5.41) is 10.9. The van der Waals surface area contributed by atoms with Crippen molar-refractivity contribution in [3.63, 3.8) is 0 Å². The summed E-state index contributed by atoms with van der Waals surface area (Å²) < 4.78 is 2.05. The monoisotopic (exact) mass is 457 g/mol. The second-order valence-electron chi connectivity index (χ2n) is 7.29. The molecule has 0 radical (unpaired) electrons. The molecule has 31 heavy (non-hydrogen) atoms. The topological polar surface area (TPSA) is 77.5 Å². The van der Waals surface area contributed by atoms with Gasteiger partial charge in [-0.2, -0.15) is 4.99 Å². The van der Waals surface area contributed by atoms with Gasteiger partial charge >= 0.3 is 0 Å². The van der Waals surface area contributed by atoms with Crippen LogP contribution in [0, 0.1) is 24.0 Å². The predicted octanol–water partition coefficient (Wildman–Crippen LogP) is 6.11. The summed E-state index contributed by atoms with van der Waals surface area (Å²) in [6.45, 7) is 8.98. The molecule has 3 rings (SSSR count). The highest BCUT2D eigenvalue weighted by molar-refractivity contribution is 7.09. The molecule has 0 aliphatic carbocycles. The lowest BCUT2D eigenvalue weighted by Crippen LogP contribution is -2.17. The first-order valence-corrected chi connectivity index (χ1v) is 11.3. The lowest BCUT2D eigenvalue weighted by Gasteiger charge is -2.11. The number of hydrogen-bond donors (Lipinski definition) is 0. The number of hydrogen-bond acceptors (Lipinski definition) is 4. The molecule has 3 aromatic rings. The lowest BCUT2D eigenvalue weighted by atomic mass is 10.0. The van der Waals surface area contributed by atoms with Crippen LogP contribution >= 0.6 is 22.9 Å². The molecule has 1 amide bonds. The number of nitrogens with zero attached hydrogens (tertiary/aromatic N) is 3. The zero-order chi connectivity index (χ0) is 22.7. The fourth-order valence-electron chi connectivity index (χ4n) is 3.38. The van der Waals surface area contributed by atoms with E-state index in [0.29, 0.717) is 11.3 Å². The summed E-state index contributed by atoms with van der Waals surface area (Å²) >= 11 is 7.64. The molecule has 0 unspecified atom stereocenters. The van der Waals surface area contributed by atoms with Crippen LogP contribution in [-0.2, 0) is 13.0 Å². The first kappa shape index (κ1) is 22.9. The third-order valence-electron chi connectivity index (χ3n) is 5.14. The number of nitro benzene ring substituents is 1. The average molecular weight is 458 g/mol. The van der Waals surface area contributed by atoms with Gasteiger partial charge in [0.15, 0.2) is 4.80 Å². The molecule has 8 heteroatoms. The van der Waals surface area contributed by atoms with Crippen molar-refractivity contribution in [1.29, 1.82) is 0 Å². The molecule has 0 N–H and O–H groups in total. The molecule has 0 fully saturated rings. The Morgan fingerprint density at radius 2 is 1.90 bits per heavy atom. The molecule has 0 aliphatic heterocycles. The summed E-state index contributed by atoms with van der Waals surface area (Å²) in [5.41, 5.74) is 4.61. The summed E-state index contributed by atoms with van der Waals surface area (Å²) in [6, 6.07) is 10.2. The molecular weight excluding hydrogens is 434 g/mol. The van der Waals surface area contributed by atoms with Gasteiger partial charge in [0, 0.05) is 23.6 Å². The number of benzene rings is 2. The second kappa shape index (κ2) is 9.58. The number of halogens is 1. The SMILES string of the molecule is CCCc1sc(=NC(=O)c2ccc([N+](=O)[O-])cc2Cl)n(CC)c1-c1ccc(C)c(C)c1. The van der Waals surface area contributed by atoms with Gasteiger partial charge in [-0.1, -0.05) is 37.1 Å². The van der Waals surface area contributed by atoms with Crippen LogP contribution in [0.25, 0.3) is 11.3 Å². The maximum absolute atomic E-state index is 12.9. The number of aryl methyl sites for hydroxylation is 3. The molecule has 6 nitrogen and oxygen atoms in total. The van der Waals surface area contributed by atoms with E-state index in [0.717, 1.165) is 24.1 Å². The van der Waals surface area contributed by atoms with E-state index in [4.69, 9.17) is 11.6 Å². The normalized spacial score (nSPS) is 11.7. The van der Waals surface area contributed by atoms with Crippen molar-refractivity contribution >= 4 is 34.5 Å². The van der Waals surface area contributed by atoms with Crippen LogP contribution in [-0.4, -0.2) is 15.4 Å². The van der Waals surface area contributed by atoms with Crippen LogP contribution in [0.4, 0.5) is 5.69 Å². The van der Waals surface area contributed by atoms with Crippen molar-refractivity contribution < 1.29 is 9.72 Å². The summed E-state index contributed by atoms with van der Waals surface area (Å²) in [7, 11) is 0. The highest BCUT2D eigenvalue weighted by Crippen LogP contribution is 2.29. The van der Waals surface area contributed by atoms with E-state index in [1.165, 1.54) is 45.5 Å². The number of rotatable bonds is 6. The Bertz CT molecular complexity index is 1230. The number of amides is 1. The van der Waals surface area contributed by atoms with Gasteiger partial charge < -0.3 is 4.57 Å². The number of nitro groups is 1. The van der Waals surface area contributed by atoms with Crippen LogP contribution in [0.1, 0.15) is 46.6 Å². The van der Waals surface area contributed by atoms with Gasteiger partial charge in [-0.3, -0.25) is 14.9 Å². The molecule has 0 saturated heterocycles. The smallest absolute Gasteiger partial charge is 0.281 e. The molecule has 0 atom stereocenters. The zero-order valence-electron chi connectivity index (χ0n) is 17.9. The average Bonchev–Trinajstić information content (AvgIpc) is 3.06. The Balaban J connectivity index is 2.15. The molecule has 0 spiro atoms. The molecule has 2 aromatic carbocycles. The van der Waals surface area contributed by atoms with Crippen molar-refractivity contribution in [2.75, 3.05) is 0 Å². The predicted molar refractivity (Wildman–Crippen MR) is 125 cm³/mol. The summed E-state index contributed by atoms with van der Waals surface area (Å²) in [6.07, 6.45) is 1.86.